The Morgan fingerprint density at radius 1 is 0.511 bits per heavy atom. The van der Waals surface area contributed by atoms with Crippen molar-refractivity contribution in [1.82, 2.24) is 20.6 Å². The molecule has 47 heavy (non-hydrogen) atoms. The van der Waals surface area contributed by atoms with Crippen molar-refractivity contribution in [2.24, 2.45) is 0 Å². The number of fused-ring (bicyclic) bond motifs is 2. The van der Waals surface area contributed by atoms with E-state index in [1.165, 1.54) is 32.7 Å². The maximum atomic E-state index is 5.64. The minimum atomic E-state index is -0.267. The standard InChI is InChI=1S/2C19H16N2S2.Mg/c2*1-19(16-8-4-6-13-5-2-3-7-15(13)16)21-17(18(22)23-19)14-9-11-20-12-10-14;/h2*2-12,21-22H,1H3;/q;;+2/p-2. The molecule has 0 bridgehead atoms. The van der Waals surface area contributed by atoms with Gasteiger partial charge in [0.15, 0.2) is 0 Å². The Morgan fingerprint density at radius 3 is 1.28 bits per heavy atom. The maximum Gasteiger partial charge on any atom is 2.00 e. The first-order valence-electron chi connectivity index (χ1n) is 14.9. The van der Waals surface area contributed by atoms with Crippen LogP contribution in [0.5, 0.6) is 0 Å². The van der Waals surface area contributed by atoms with Crippen LogP contribution in [0.3, 0.4) is 0 Å². The number of benzene rings is 4. The summed E-state index contributed by atoms with van der Waals surface area (Å²) >= 11 is 14.7. The van der Waals surface area contributed by atoms with E-state index < -0.39 is 0 Å². The zero-order valence-corrected chi connectivity index (χ0v) is 30.6. The van der Waals surface area contributed by atoms with E-state index in [-0.39, 0.29) is 32.8 Å². The Bertz CT molecular complexity index is 1960. The molecule has 9 heteroatoms. The van der Waals surface area contributed by atoms with Crippen molar-refractivity contribution in [2.45, 2.75) is 23.6 Å². The summed E-state index contributed by atoms with van der Waals surface area (Å²) in [6, 6.07) is 37.8. The molecule has 4 heterocycles. The first kappa shape index (κ1) is 33.6. The summed E-state index contributed by atoms with van der Waals surface area (Å²) in [7, 11) is 0. The number of hydrogen-bond acceptors (Lipinski definition) is 8. The van der Waals surface area contributed by atoms with Gasteiger partial charge in [-0.3, -0.25) is 9.97 Å². The van der Waals surface area contributed by atoms with Gasteiger partial charge in [0.1, 0.15) is 9.74 Å². The molecule has 0 fully saturated rings. The molecule has 0 radical (unpaired) electrons. The van der Waals surface area contributed by atoms with Gasteiger partial charge in [0.25, 0.3) is 0 Å². The summed E-state index contributed by atoms with van der Waals surface area (Å²) in [6.07, 6.45) is 7.19. The van der Waals surface area contributed by atoms with E-state index in [0.29, 0.717) is 0 Å². The minimum Gasteiger partial charge on any atom is -0.771 e. The molecule has 228 valence electrons. The Balaban J connectivity index is 0.000000161. The topological polar surface area (TPSA) is 49.8 Å². The summed E-state index contributed by atoms with van der Waals surface area (Å²) in [5.74, 6) is 0. The molecule has 8 rings (SSSR count). The molecule has 0 spiro atoms. The SMILES string of the molecule is CC1(c2cccc3ccccc23)NC(c2ccncc2)=C([S-])S1.CC1(c2cccc3ccccc23)NC(c2ccncc2)=C([S-])S1.[Mg+2]. The summed E-state index contributed by atoms with van der Waals surface area (Å²) in [5.41, 5.74) is 6.72. The van der Waals surface area contributed by atoms with Crippen LogP contribution in [-0.4, -0.2) is 33.0 Å². The van der Waals surface area contributed by atoms with Gasteiger partial charge in [-0.25, -0.2) is 0 Å². The number of nitrogens with one attached hydrogen (secondary N) is 2. The third kappa shape index (κ3) is 6.70. The van der Waals surface area contributed by atoms with Gasteiger partial charge in [-0.2, -0.15) is 0 Å². The Kier molecular flexibility index (Phi) is 10.0. The second-order valence-electron chi connectivity index (χ2n) is 11.4. The number of hydrogen-bond donors (Lipinski definition) is 2. The van der Waals surface area contributed by atoms with Crippen LogP contribution in [0.25, 0.3) is 32.9 Å². The second kappa shape index (κ2) is 14.0. The van der Waals surface area contributed by atoms with Gasteiger partial charge >= 0.3 is 23.1 Å². The van der Waals surface area contributed by atoms with E-state index in [4.69, 9.17) is 25.3 Å². The molecule has 2 aliphatic heterocycles. The summed E-state index contributed by atoms with van der Waals surface area (Å²) in [5, 5.41) is 12.3. The van der Waals surface area contributed by atoms with Gasteiger partial charge in [-0.05, 0) is 81.9 Å². The summed E-state index contributed by atoms with van der Waals surface area (Å²) < 4.78 is 1.79. The van der Waals surface area contributed by atoms with Crippen molar-refractivity contribution in [3.05, 3.63) is 165 Å². The van der Waals surface area contributed by atoms with E-state index in [2.05, 4.69) is 119 Å². The molecule has 6 aromatic rings. The van der Waals surface area contributed by atoms with Crippen LogP contribution in [0.1, 0.15) is 36.1 Å². The van der Waals surface area contributed by atoms with Crippen LogP contribution in [0.15, 0.2) is 142 Å². The molecule has 4 aromatic carbocycles. The summed E-state index contributed by atoms with van der Waals surface area (Å²) in [6.45, 7) is 4.39. The predicted molar refractivity (Wildman–Crippen MR) is 207 cm³/mol. The molecule has 2 unspecified atom stereocenters. The number of pyridine rings is 2. The number of thioether (sulfide) groups is 2. The van der Waals surface area contributed by atoms with E-state index in [1.54, 1.807) is 48.3 Å². The molecule has 4 nitrogen and oxygen atoms in total. The van der Waals surface area contributed by atoms with Gasteiger partial charge in [-0.15, -0.1) is 32.0 Å². The maximum absolute atomic E-state index is 5.64. The van der Waals surface area contributed by atoms with Crippen molar-refractivity contribution >= 4 is 105 Å². The number of rotatable bonds is 4. The largest absolute Gasteiger partial charge is 2.00 e. The average molecular weight is 695 g/mol. The van der Waals surface area contributed by atoms with Crippen molar-refractivity contribution in [2.75, 3.05) is 0 Å². The molecule has 0 saturated carbocycles. The molecule has 2 N–H and O–H groups in total. The molecular formula is C38H30MgN4S4. The number of nitrogens with zero attached hydrogens (tertiary/aromatic N) is 2. The Labute approximate surface area is 311 Å². The zero-order valence-electron chi connectivity index (χ0n) is 25.9. The first-order valence-corrected chi connectivity index (χ1v) is 17.3. The molecule has 0 amide bonds. The van der Waals surface area contributed by atoms with Gasteiger partial charge in [0.05, 0.1) is 0 Å². The quantitative estimate of drug-likeness (QED) is 0.140. The van der Waals surface area contributed by atoms with Crippen LogP contribution >= 0.6 is 23.5 Å². The van der Waals surface area contributed by atoms with Gasteiger partial charge < -0.3 is 35.9 Å². The van der Waals surface area contributed by atoms with Crippen LogP contribution in [0, 0.1) is 0 Å². The molecular weight excluding hydrogens is 665 g/mol. The van der Waals surface area contributed by atoms with Gasteiger partial charge in [0, 0.05) is 36.2 Å². The molecule has 0 saturated heterocycles. The third-order valence-corrected chi connectivity index (χ3v) is 11.4. The minimum absolute atomic E-state index is 0. The van der Waals surface area contributed by atoms with E-state index >= 15 is 0 Å². The average Bonchev–Trinajstić information content (AvgIpc) is 3.59. The van der Waals surface area contributed by atoms with Crippen molar-refractivity contribution in [3.63, 3.8) is 0 Å². The van der Waals surface area contributed by atoms with Crippen molar-refractivity contribution in [1.29, 1.82) is 0 Å². The van der Waals surface area contributed by atoms with Crippen LogP contribution in [0.4, 0.5) is 0 Å². The zero-order chi connectivity index (χ0) is 31.7. The van der Waals surface area contributed by atoms with E-state index in [9.17, 15) is 0 Å². The fraction of sp³-hybridized carbons (Fsp3) is 0.105. The van der Waals surface area contributed by atoms with Gasteiger partial charge in [-0.1, -0.05) is 84.9 Å². The third-order valence-electron chi connectivity index (χ3n) is 8.27. The van der Waals surface area contributed by atoms with E-state index in [1.807, 2.05) is 24.3 Å². The smallest absolute Gasteiger partial charge is 0.771 e. The van der Waals surface area contributed by atoms with Crippen LogP contribution in [0.2, 0.25) is 0 Å². The predicted octanol–water partition coefficient (Wildman–Crippen LogP) is 8.85. The molecule has 2 atom stereocenters. The van der Waals surface area contributed by atoms with Crippen molar-refractivity contribution in [3.8, 4) is 0 Å². The van der Waals surface area contributed by atoms with Gasteiger partial charge in [0.2, 0.25) is 0 Å². The van der Waals surface area contributed by atoms with Crippen LogP contribution < -0.4 is 10.6 Å². The second-order valence-corrected chi connectivity index (χ2v) is 15.6. The fourth-order valence-corrected chi connectivity index (χ4v) is 9.55. The Morgan fingerprint density at radius 2 is 0.872 bits per heavy atom. The normalized spacial score (nSPS) is 20.3. The fourth-order valence-electron chi connectivity index (χ4n) is 6.05. The van der Waals surface area contributed by atoms with E-state index in [0.717, 1.165) is 31.0 Å². The van der Waals surface area contributed by atoms with Crippen LogP contribution in [-0.2, 0) is 35.0 Å². The number of aromatic nitrogens is 2. The molecule has 2 aliphatic rings. The van der Waals surface area contributed by atoms with Crippen molar-refractivity contribution < 1.29 is 0 Å². The summed E-state index contributed by atoms with van der Waals surface area (Å²) in [4.78, 5) is 7.64. The molecule has 2 aromatic heterocycles. The molecule has 0 aliphatic carbocycles. The Hall–Kier alpha value is -3.31. The monoisotopic (exact) mass is 694 g/mol. The first-order chi connectivity index (χ1) is 22.3.